The Labute approximate surface area is 101 Å². The molecule has 0 radical (unpaired) electrons. The highest BCUT2D eigenvalue weighted by Crippen LogP contribution is 2.22. The number of rotatable bonds is 3. The SMILES string of the molecule is CCc1ccc(-c2ccc(CC)cc2F)nc1. The molecular formula is C15H16FN. The second-order valence-corrected chi connectivity index (χ2v) is 4.07. The standard InChI is InChI=1S/C15H16FN/c1-3-11-5-7-13(14(16)9-11)15-8-6-12(4-2)10-17-15/h5-10H,3-4H2,1-2H3. The summed E-state index contributed by atoms with van der Waals surface area (Å²) in [7, 11) is 0. The van der Waals surface area contributed by atoms with Crippen molar-refractivity contribution in [3.8, 4) is 11.3 Å². The molecule has 1 aromatic carbocycles. The minimum absolute atomic E-state index is 0.193. The zero-order valence-electron chi connectivity index (χ0n) is 10.2. The summed E-state index contributed by atoms with van der Waals surface area (Å²) < 4.78 is 13.9. The minimum atomic E-state index is -0.193. The third kappa shape index (κ3) is 2.52. The Morgan fingerprint density at radius 1 is 1.00 bits per heavy atom. The van der Waals surface area contributed by atoms with E-state index in [2.05, 4.69) is 11.9 Å². The van der Waals surface area contributed by atoms with Crippen molar-refractivity contribution < 1.29 is 4.39 Å². The van der Waals surface area contributed by atoms with E-state index in [0.717, 1.165) is 18.4 Å². The number of nitrogens with zero attached hydrogens (tertiary/aromatic N) is 1. The molecule has 0 aliphatic heterocycles. The fourth-order valence-corrected chi connectivity index (χ4v) is 1.78. The molecule has 0 N–H and O–H groups in total. The molecule has 0 amide bonds. The summed E-state index contributed by atoms with van der Waals surface area (Å²) in [4.78, 5) is 4.30. The first-order chi connectivity index (χ1) is 8.24. The third-order valence-electron chi connectivity index (χ3n) is 2.95. The van der Waals surface area contributed by atoms with E-state index >= 15 is 0 Å². The zero-order valence-corrected chi connectivity index (χ0v) is 10.2. The summed E-state index contributed by atoms with van der Waals surface area (Å²) in [5.41, 5.74) is 3.45. The van der Waals surface area contributed by atoms with Crippen LogP contribution in [0.3, 0.4) is 0 Å². The van der Waals surface area contributed by atoms with Crippen molar-refractivity contribution in [1.29, 1.82) is 0 Å². The third-order valence-corrected chi connectivity index (χ3v) is 2.95. The Morgan fingerprint density at radius 3 is 2.24 bits per heavy atom. The largest absolute Gasteiger partial charge is 0.256 e. The molecule has 2 aromatic rings. The first-order valence-corrected chi connectivity index (χ1v) is 5.98. The number of hydrogen-bond acceptors (Lipinski definition) is 1. The van der Waals surface area contributed by atoms with Gasteiger partial charge in [-0.05, 0) is 42.2 Å². The average Bonchev–Trinajstić information content (AvgIpc) is 2.39. The van der Waals surface area contributed by atoms with Crippen molar-refractivity contribution in [1.82, 2.24) is 4.98 Å². The van der Waals surface area contributed by atoms with Gasteiger partial charge in [0, 0.05) is 11.8 Å². The van der Waals surface area contributed by atoms with Crippen molar-refractivity contribution in [2.24, 2.45) is 0 Å². The van der Waals surface area contributed by atoms with Crippen molar-refractivity contribution >= 4 is 0 Å². The molecular weight excluding hydrogens is 213 g/mol. The predicted molar refractivity (Wildman–Crippen MR) is 68.4 cm³/mol. The van der Waals surface area contributed by atoms with Gasteiger partial charge in [0.2, 0.25) is 0 Å². The first kappa shape index (κ1) is 11.8. The lowest BCUT2D eigenvalue weighted by atomic mass is 10.1. The summed E-state index contributed by atoms with van der Waals surface area (Å²) in [5, 5.41) is 0. The monoisotopic (exact) mass is 229 g/mol. The van der Waals surface area contributed by atoms with E-state index in [-0.39, 0.29) is 5.82 Å². The molecule has 0 aliphatic carbocycles. The van der Waals surface area contributed by atoms with Crippen molar-refractivity contribution in [3.05, 3.63) is 53.5 Å². The van der Waals surface area contributed by atoms with Gasteiger partial charge >= 0.3 is 0 Å². The lowest BCUT2D eigenvalue weighted by Gasteiger charge is -2.05. The second kappa shape index (κ2) is 5.09. The average molecular weight is 229 g/mol. The Bertz CT molecular complexity index is 503. The Kier molecular flexibility index (Phi) is 3.52. The number of aryl methyl sites for hydroxylation is 2. The molecule has 88 valence electrons. The molecule has 0 atom stereocenters. The van der Waals surface area contributed by atoms with E-state index in [1.807, 2.05) is 37.4 Å². The number of hydrogen-bond donors (Lipinski definition) is 0. The van der Waals surface area contributed by atoms with E-state index < -0.39 is 0 Å². The number of pyridine rings is 1. The molecule has 2 rings (SSSR count). The van der Waals surface area contributed by atoms with E-state index in [0.29, 0.717) is 11.3 Å². The van der Waals surface area contributed by atoms with Gasteiger partial charge in [0.15, 0.2) is 0 Å². The van der Waals surface area contributed by atoms with Crippen molar-refractivity contribution in [2.75, 3.05) is 0 Å². The number of benzene rings is 1. The van der Waals surface area contributed by atoms with E-state index in [1.165, 1.54) is 5.56 Å². The number of aromatic nitrogens is 1. The summed E-state index contributed by atoms with van der Waals surface area (Å²) in [6.07, 6.45) is 3.60. The van der Waals surface area contributed by atoms with Gasteiger partial charge in [-0.1, -0.05) is 26.0 Å². The fraction of sp³-hybridized carbons (Fsp3) is 0.267. The van der Waals surface area contributed by atoms with Crippen LogP contribution in [-0.2, 0) is 12.8 Å². The van der Waals surface area contributed by atoms with Crippen LogP contribution in [-0.4, -0.2) is 4.98 Å². The number of halogens is 1. The fourth-order valence-electron chi connectivity index (χ4n) is 1.78. The Morgan fingerprint density at radius 2 is 1.71 bits per heavy atom. The van der Waals surface area contributed by atoms with E-state index in [9.17, 15) is 4.39 Å². The van der Waals surface area contributed by atoms with Gasteiger partial charge in [-0.2, -0.15) is 0 Å². The zero-order chi connectivity index (χ0) is 12.3. The van der Waals surface area contributed by atoms with Gasteiger partial charge in [0.1, 0.15) is 5.82 Å². The molecule has 1 nitrogen and oxygen atoms in total. The molecule has 0 bridgehead atoms. The highest BCUT2D eigenvalue weighted by molar-refractivity contribution is 5.60. The van der Waals surface area contributed by atoms with Crippen LogP contribution in [0.4, 0.5) is 4.39 Å². The predicted octanol–water partition coefficient (Wildman–Crippen LogP) is 4.01. The van der Waals surface area contributed by atoms with Gasteiger partial charge < -0.3 is 0 Å². The van der Waals surface area contributed by atoms with Crippen molar-refractivity contribution in [2.45, 2.75) is 26.7 Å². The molecule has 0 aliphatic rings. The molecule has 0 spiro atoms. The molecule has 1 heterocycles. The van der Waals surface area contributed by atoms with Gasteiger partial charge in [-0.15, -0.1) is 0 Å². The van der Waals surface area contributed by atoms with Crippen LogP contribution in [0.2, 0.25) is 0 Å². The maximum Gasteiger partial charge on any atom is 0.132 e. The van der Waals surface area contributed by atoms with Crippen LogP contribution in [0.15, 0.2) is 36.5 Å². The Hall–Kier alpha value is -1.70. The van der Waals surface area contributed by atoms with Crippen LogP contribution in [0, 0.1) is 5.82 Å². The van der Waals surface area contributed by atoms with Crippen LogP contribution < -0.4 is 0 Å². The Balaban J connectivity index is 2.38. The quantitative estimate of drug-likeness (QED) is 0.774. The second-order valence-electron chi connectivity index (χ2n) is 4.07. The van der Waals surface area contributed by atoms with Crippen LogP contribution in [0.1, 0.15) is 25.0 Å². The maximum absolute atomic E-state index is 13.9. The minimum Gasteiger partial charge on any atom is -0.256 e. The van der Waals surface area contributed by atoms with Crippen LogP contribution >= 0.6 is 0 Å². The molecule has 1 aromatic heterocycles. The molecule has 0 saturated carbocycles. The summed E-state index contributed by atoms with van der Waals surface area (Å²) in [6.45, 7) is 4.09. The highest BCUT2D eigenvalue weighted by atomic mass is 19.1. The smallest absolute Gasteiger partial charge is 0.132 e. The van der Waals surface area contributed by atoms with Gasteiger partial charge in [-0.3, -0.25) is 4.98 Å². The molecule has 17 heavy (non-hydrogen) atoms. The molecule has 0 saturated heterocycles. The summed E-state index contributed by atoms with van der Waals surface area (Å²) in [6, 6.07) is 9.22. The van der Waals surface area contributed by atoms with E-state index in [4.69, 9.17) is 0 Å². The summed E-state index contributed by atoms with van der Waals surface area (Å²) in [5.74, 6) is -0.193. The highest BCUT2D eigenvalue weighted by Gasteiger charge is 2.06. The molecule has 0 unspecified atom stereocenters. The summed E-state index contributed by atoms with van der Waals surface area (Å²) >= 11 is 0. The molecule has 2 heteroatoms. The van der Waals surface area contributed by atoms with Gasteiger partial charge in [0.05, 0.1) is 5.69 Å². The van der Waals surface area contributed by atoms with Crippen molar-refractivity contribution in [3.63, 3.8) is 0 Å². The molecule has 0 fully saturated rings. The maximum atomic E-state index is 13.9. The van der Waals surface area contributed by atoms with E-state index in [1.54, 1.807) is 6.07 Å². The van der Waals surface area contributed by atoms with Gasteiger partial charge in [0.25, 0.3) is 0 Å². The van der Waals surface area contributed by atoms with Crippen LogP contribution in [0.25, 0.3) is 11.3 Å². The van der Waals surface area contributed by atoms with Gasteiger partial charge in [-0.25, -0.2) is 4.39 Å². The lowest BCUT2D eigenvalue weighted by Crippen LogP contribution is -1.91. The van der Waals surface area contributed by atoms with Crippen LogP contribution in [0.5, 0.6) is 0 Å². The first-order valence-electron chi connectivity index (χ1n) is 5.98. The lowest BCUT2D eigenvalue weighted by molar-refractivity contribution is 0.628. The normalized spacial score (nSPS) is 10.5. The topological polar surface area (TPSA) is 12.9 Å².